The molecule has 2 nitrogen and oxygen atoms in total. The zero-order chi connectivity index (χ0) is 12.7. The van der Waals surface area contributed by atoms with E-state index >= 15 is 0 Å². The Morgan fingerprint density at radius 3 is 2.88 bits per heavy atom. The molecular formula is C13H21ClN2S. The van der Waals surface area contributed by atoms with Crippen molar-refractivity contribution in [3.63, 3.8) is 0 Å². The summed E-state index contributed by atoms with van der Waals surface area (Å²) in [6.45, 7) is 4.24. The fourth-order valence-electron chi connectivity index (χ4n) is 1.56. The van der Waals surface area contributed by atoms with Crippen LogP contribution in [0.3, 0.4) is 0 Å². The van der Waals surface area contributed by atoms with E-state index in [0.717, 1.165) is 23.8 Å². The Labute approximate surface area is 114 Å². The molecule has 1 aromatic rings. The SMILES string of the molecule is CSCC(C)N(C)CCNc1cccc(Cl)c1. The first kappa shape index (κ1) is 14.7. The molecule has 0 spiro atoms. The number of hydrogen-bond acceptors (Lipinski definition) is 3. The maximum Gasteiger partial charge on any atom is 0.0426 e. The molecule has 0 heterocycles. The summed E-state index contributed by atoms with van der Waals surface area (Å²) in [6.07, 6.45) is 2.15. The number of nitrogens with zero attached hydrogens (tertiary/aromatic N) is 1. The second-order valence-electron chi connectivity index (χ2n) is 4.22. The Kier molecular flexibility index (Phi) is 6.78. The molecule has 0 fully saturated rings. The van der Waals surface area contributed by atoms with Gasteiger partial charge < -0.3 is 10.2 Å². The van der Waals surface area contributed by atoms with E-state index < -0.39 is 0 Å². The average Bonchev–Trinajstić information content (AvgIpc) is 2.29. The van der Waals surface area contributed by atoms with Crippen LogP contribution >= 0.6 is 23.4 Å². The van der Waals surface area contributed by atoms with Crippen LogP contribution in [-0.2, 0) is 0 Å². The lowest BCUT2D eigenvalue weighted by Gasteiger charge is -2.24. The summed E-state index contributed by atoms with van der Waals surface area (Å²) in [5.41, 5.74) is 1.09. The molecule has 1 N–H and O–H groups in total. The van der Waals surface area contributed by atoms with E-state index in [4.69, 9.17) is 11.6 Å². The van der Waals surface area contributed by atoms with E-state index in [1.807, 2.05) is 36.0 Å². The average molecular weight is 273 g/mol. The molecule has 0 amide bonds. The molecule has 4 heteroatoms. The van der Waals surface area contributed by atoms with Crippen LogP contribution in [0.1, 0.15) is 6.92 Å². The molecule has 1 unspecified atom stereocenters. The molecule has 0 aromatic heterocycles. The fourth-order valence-corrected chi connectivity index (χ4v) is 2.49. The predicted octanol–water partition coefficient (Wildman–Crippen LogP) is 3.44. The summed E-state index contributed by atoms with van der Waals surface area (Å²) in [7, 11) is 2.17. The highest BCUT2D eigenvalue weighted by molar-refractivity contribution is 7.98. The largest absolute Gasteiger partial charge is 0.384 e. The Bertz CT molecular complexity index is 333. The van der Waals surface area contributed by atoms with E-state index in [1.165, 1.54) is 5.75 Å². The van der Waals surface area contributed by atoms with Gasteiger partial charge in [-0.2, -0.15) is 11.8 Å². The van der Waals surface area contributed by atoms with Crippen LogP contribution in [0.2, 0.25) is 5.02 Å². The molecule has 0 aliphatic heterocycles. The second kappa shape index (κ2) is 7.85. The first-order valence-electron chi connectivity index (χ1n) is 5.82. The fraction of sp³-hybridized carbons (Fsp3) is 0.538. The quantitative estimate of drug-likeness (QED) is 0.819. The Hall–Kier alpha value is -0.380. The zero-order valence-corrected chi connectivity index (χ0v) is 12.3. The molecule has 1 atom stereocenters. The van der Waals surface area contributed by atoms with E-state index in [0.29, 0.717) is 6.04 Å². The number of hydrogen-bond donors (Lipinski definition) is 1. The number of halogens is 1. The number of thioether (sulfide) groups is 1. The van der Waals surface area contributed by atoms with Crippen molar-refractivity contribution in [1.82, 2.24) is 4.90 Å². The van der Waals surface area contributed by atoms with Crippen molar-refractivity contribution in [2.24, 2.45) is 0 Å². The van der Waals surface area contributed by atoms with Gasteiger partial charge in [0.15, 0.2) is 0 Å². The number of nitrogens with one attached hydrogen (secondary N) is 1. The van der Waals surface area contributed by atoms with Gasteiger partial charge >= 0.3 is 0 Å². The van der Waals surface area contributed by atoms with Crippen molar-refractivity contribution in [3.8, 4) is 0 Å². The van der Waals surface area contributed by atoms with Crippen molar-refractivity contribution in [1.29, 1.82) is 0 Å². The molecule has 0 aliphatic carbocycles. The van der Waals surface area contributed by atoms with Crippen LogP contribution in [0.25, 0.3) is 0 Å². The zero-order valence-electron chi connectivity index (χ0n) is 10.7. The summed E-state index contributed by atoms with van der Waals surface area (Å²) in [4.78, 5) is 2.37. The third-order valence-corrected chi connectivity index (χ3v) is 3.83. The van der Waals surface area contributed by atoms with Gasteiger partial charge in [0.1, 0.15) is 0 Å². The highest BCUT2D eigenvalue weighted by Crippen LogP contribution is 2.14. The number of rotatable bonds is 7. The molecular weight excluding hydrogens is 252 g/mol. The van der Waals surface area contributed by atoms with Gasteiger partial charge in [0.25, 0.3) is 0 Å². The molecule has 1 aromatic carbocycles. The summed E-state index contributed by atoms with van der Waals surface area (Å²) in [5, 5.41) is 4.16. The minimum atomic E-state index is 0.617. The molecule has 0 radical (unpaired) electrons. The molecule has 0 bridgehead atoms. The van der Waals surface area contributed by atoms with Gasteiger partial charge in [-0.3, -0.25) is 0 Å². The van der Waals surface area contributed by atoms with Crippen molar-refractivity contribution >= 4 is 29.1 Å². The lowest BCUT2D eigenvalue weighted by Crippen LogP contribution is -2.34. The highest BCUT2D eigenvalue weighted by Gasteiger charge is 2.07. The van der Waals surface area contributed by atoms with E-state index in [-0.39, 0.29) is 0 Å². The Morgan fingerprint density at radius 1 is 1.47 bits per heavy atom. The Balaban J connectivity index is 2.28. The normalized spacial score (nSPS) is 12.8. The molecule has 0 aliphatic rings. The van der Waals surface area contributed by atoms with Crippen molar-refractivity contribution in [2.45, 2.75) is 13.0 Å². The Morgan fingerprint density at radius 2 is 2.24 bits per heavy atom. The number of benzene rings is 1. The van der Waals surface area contributed by atoms with Gasteiger partial charge in [0.2, 0.25) is 0 Å². The van der Waals surface area contributed by atoms with Crippen LogP contribution in [-0.4, -0.2) is 43.1 Å². The molecule has 17 heavy (non-hydrogen) atoms. The maximum atomic E-state index is 5.92. The standard InChI is InChI=1S/C13H21ClN2S/c1-11(10-17-3)16(2)8-7-15-13-6-4-5-12(14)9-13/h4-6,9,11,15H,7-8,10H2,1-3H3. The number of anilines is 1. The highest BCUT2D eigenvalue weighted by atomic mass is 35.5. The summed E-state index contributed by atoms with van der Waals surface area (Å²) >= 11 is 7.82. The van der Waals surface area contributed by atoms with Gasteiger partial charge in [0, 0.05) is 35.6 Å². The van der Waals surface area contributed by atoms with E-state index in [2.05, 4.69) is 30.4 Å². The van der Waals surface area contributed by atoms with Gasteiger partial charge in [-0.15, -0.1) is 0 Å². The topological polar surface area (TPSA) is 15.3 Å². The van der Waals surface area contributed by atoms with Gasteiger partial charge in [-0.1, -0.05) is 17.7 Å². The monoisotopic (exact) mass is 272 g/mol. The third-order valence-electron chi connectivity index (χ3n) is 2.78. The minimum Gasteiger partial charge on any atom is -0.384 e. The minimum absolute atomic E-state index is 0.617. The first-order chi connectivity index (χ1) is 8.13. The summed E-state index contributed by atoms with van der Waals surface area (Å²) in [5.74, 6) is 1.17. The van der Waals surface area contributed by atoms with Crippen LogP contribution in [0, 0.1) is 0 Å². The van der Waals surface area contributed by atoms with Crippen LogP contribution < -0.4 is 5.32 Å². The molecule has 96 valence electrons. The van der Waals surface area contributed by atoms with E-state index in [9.17, 15) is 0 Å². The lowest BCUT2D eigenvalue weighted by molar-refractivity contribution is 0.288. The summed E-state index contributed by atoms with van der Waals surface area (Å²) in [6, 6.07) is 8.46. The first-order valence-corrected chi connectivity index (χ1v) is 7.59. The smallest absolute Gasteiger partial charge is 0.0426 e. The molecule has 1 rings (SSSR count). The van der Waals surface area contributed by atoms with Crippen molar-refractivity contribution in [3.05, 3.63) is 29.3 Å². The van der Waals surface area contributed by atoms with Crippen LogP contribution in [0.4, 0.5) is 5.69 Å². The van der Waals surface area contributed by atoms with Crippen molar-refractivity contribution in [2.75, 3.05) is 37.5 Å². The van der Waals surface area contributed by atoms with E-state index in [1.54, 1.807) is 0 Å². The number of likely N-dealkylation sites (N-methyl/N-ethyl adjacent to an activating group) is 1. The van der Waals surface area contributed by atoms with Crippen LogP contribution in [0.15, 0.2) is 24.3 Å². The van der Waals surface area contributed by atoms with Gasteiger partial charge in [-0.05, 0) is 38.4 Å². The maximum absolute atomic E-state index is 5.92. The summed E-state index contributed by atoms with van der Waals surface area (Å²) < 4.78 is 0. The lowest BCUT2D eigenvalue weighted by atomic mass is 10.3. The third kappa shape index (κ3) is 5.66. The second-order valence-corrected chi connectivity index (χ2v) is 5.57. The van der Waals surface area contributed by atoms with Gasteiger partial charge in [0.05, 0.1) is 0 Å². The van der Waals surface area contributed by atoms with Crippen LogP contribution in [0.5, 0.6) is 0 Å². The predicted molar refractivity (Wildman–Crippen MR) is 80.4 cm³/mol. The molecule has 0 saturated heterocycles. The molecule has 0 saturated carbocycles. The van der Waals surface area contributed by atoms with Gasteiger partial charge in [-0.25, -0.2) is 0 Å². The van der Waals surface area contributed by atoms with Crippen molar-refractivity contribution < 1.29 is 0 Å².